The van der Waals surface area contributed by atoms with Crippen LogP contribution < -0.4 is 5.32 Å². The highest BCUT2D eigenvalue weighted by Gasteiger charge is 2.22. The van der Waals surface area contributed by atoms with Crippen molar-refractivity contribution in [1.29, 1.82) is 0 Å². The molecule has 1 aliphatic rings. The van der Waals surface area contributed by atoms with Gasteiger partial charge in [-0.25, -0.2) is 4.98 Å². The Labute approximate surface area is 169 Å². The number of nitrogens with zero attached hydrogens (tertiary/aromatic N) is 2. The summed E-state index contributed by atoms with van der Waals surface area (Å²) >= 11 is 5.93. The van der Waals surface area contributed by atoms with Crippen LogP contribution in [-0.4, -0.2) is 34.9 Å². The van der Waals surface area contributed by atoms with Gasteiger partial charge in [0.1, 0.15) is 0 Å². The highest BCUT2D eigenvalue weighted by Crippen LogP contribution is 2.23. The first-order chi connectivity index (χ1) is 13.7. The average molecular weight is 396 g/mol. The SMILES string of the molecule is O=C(NC1CCN(Cc2ncc(-c3ccc(Cl)cc3)o2)CC1)c1ccccc1. The lowest BCUT2D eigenvalue weighted by atomic mass is 10.0. The van der Waals surface area contributed by atoms with E-state index in [1.807, 2.05) is 54.6 Å². The third-order valence-corrected chi connectivity index (χ3v) is 5.25. The molecule has 0 bridgehead atoms. The zero-order valence-electron chi connectivity index (χ0n) is 15.5. The molecular weight excluding hydrogens is 374 g/mol. The molecule has 1 saturated heterocycles. The molecule has 6 heteroatoms. The summed E-state index contributed by atoms with van der Waals surface area (Å²) < 4.78 is 5.90. The van der Waals surface area contributed by atoms with E-state index in [0.717, 1.165) is 37.3 Å². The van der Waals surface area contributed by atoms with Gasteiger partial charge in [-0.15, -0.1) is 0 Å². The Balaban J connectivity index is 1.28. The molecule has 0 unspecified atom stereocenters. The maximum absolute atomic E-state index is 12.3. The Hall–Kier alpha value is -2.63. The van der Waals surface area contributed by atoms with E-state index in [-0.39, 0.29) is 11.9 Å². The van der Waals surface area contributed by atoms with Crippen LogP contribution in [0.1, 0.15) is 29.1 Å². The quantitative estimate of drug-likeness (QED) is 0.696. The summed E-state index contributed by atoms with van der Waals surface area (Å²) in [4.78, 5) is 19.0. The van der Waals surface area contributed by atoms with Crippen LogP contribution in [0, 0.1) is 0 Å². The van der Waals surface area contributed by atoms with Gasteiger partial charge in [-0.05, 0) is 49.2 Å². The second kappa shape index (κ2) is 8.59. The second-order valence-corrected chi connectivity index (χ2v) is 7.45. The number of halogens is 1. The van der Waals surface area contributed by atoms with Crippen molar-refractivity contribution in [3.8, 4) is 11.3 Å². The van der Waals surface area contributed by atoms with Gasteiger partial charge in [0.2, 0.25) is 5.89 Å². The number of carbonyl (C=O) groups excluding carboxylic acids is 1. The Morgan fingerprint density at radius 2 is 1.82 bits per heavy atom. The van der Waals surface area contributed by atoms with Gasteiger partial charge in [-0.2, -0.15) is 0 Å². The minimum absolute atomic E-state index is 0.000595. The van der Waals surface area contributed by atoms with Crippen molar-refractivity contribution in [2.24, 2.45) is 0 Å². The van der Waals surface area contributed by atoms with Crippen LogP contribution in [0.5, 0.6) is 0 Å². The predicted molar refractivity (Wildman–Crippen MR) is 109 cm³/mol. The summed E-state index contributed by atoms with van der Waals surface area (Å²) in [6.07, 6.45) is 3.60. The molecule has 5 nitrogen and oxygen atoms in total. The number of benzene rings is 2. The third kappa shape index (κ3) is 4.61. The monoisotopic (exact) mass is 395 g/mol. The van der Waals surface area contributed by atoms with E-state index in [4.69, 9.17) is 16.0 Å². The van der Waals surface area contributed by atoms with E-state index >= 15 is 0 Å². The van der Waals surface area contributed by atoms with Crippen LogP contribution in [-0.2, 0) is 6.54 Å². The number of aromatic nitrogens is 1. The van der Waals surface area contributed by atoms with Gasteiger partial charge in [0, 0.05) is 35.3 Å². The molecule has 2 aromatic carbocycles. The fourth-order valence-corrected chi connectivity index (χ4v) is 3.54. The zero-order chi connectivity index (χ0) is 19.3. The van der Waals surface area contributed by atoms with E-state index in [2.05, 4.69) is 15.2 Å². The number of hydrogen-bond acceptors (Lipinski definition) is 4. The van der Waals surface area contributed by atoms with E-state index in [1.165, 1.54) is 0 Å². The zero-order valence-corrected chi connectivity index (χ0v) is 16.2. The Bertz CT molecular complexity index is 916. The second-order valence-electron chi connectivity index (χ2n) is 7.02. The van der Waals surface area contributed by atoms with Crippen LogP contribution in [0.2, 0.25) is 5.02 Å². The minimum atomic E-state index is -0.000595. The molecule has 144 valence electrons. The van der Waals surface area contributed by atoms with Gasteiger partial charge in [0.15, 0.2) is 5.76 Å². The normalized spacial score (nSPS) is 15.5. The lowest BCUT2D eigenvalue weighted by Gasteiger charge is -2.31. The molecule has 0 radical (unpaired) electrons. The molecule has 0 saturated carbocycles. The van der Waals surface area contributed by atoms with Crippen LogP contribution in [0.15, 0.2) is 65.2 Å². The largest absolute Gasteiger partial charge is 0.439 e. The van der Waals surface area contributed by atoms with E-state index in [1.54, 1.807) is 6.20 Å². The first-order valence-electron chi connectivity index (χ1n) is 9.46. The molecular formula is C22H22ClN3O2. The predicted octanol–water partition coefficient (Wildman–Crippen LogP) is 4.39. The number of oxazole rings is 1. The first-order valence-corrected chi connectivity index (χ1v) is 9.84. The lowest BCUT2D eigenvalue weighted by Crippen LogP contribution is -2.44. The molecule has 1 aromatic heterocycles. The summed E-state index contributed by atoms with van der Waals surface area (Å²) in [7, 11) is 0. The van der Waals surface area contributed by atoms with Crippen LogP contribution in [0.4, 0.5) is 0 Å². The molecule has 1 N–H and O–H groups in total. The topological polar surface area (TPSA) is 58.4 Å². The van der Waals surface area contributed by atoms with Gasteiger partial charge in [-0.1, -0.05) is 29.8 Å². The molecule has 1 amide bonds. The van der Waals surface area contributed by atoms with Crippen molar-refractivity contribution >= 4 is 17.5 Å². The molecule has 0 atom stereocenters. The van der Waals surface area contributed by atoms with Crippen LogP contribution in [0.3, 0.4) is 0 Å². The van der Waals surface area contributed by atoms with Gasteiger partial charge in [-0.3, -0.25) is 9.69 Å². The lowest BCUT2D eigenvalue weighted by molar-refractivity contribution is 0.0905. The van der Waals surface area contributed by atoms with Crippen molar-refractivity contribution in [3.63, 3.8) is 0 Å². The first kappa shape index (κ1) is 18.7. The van der Waals surface area contributed by atoms with Crippen LogP contribution in [0.25, 0.3) is 11.3 Å². The van der Waals surface area contributed by atoms with Crippen molar-refractivity contribution in [3.05, 3.63) is 77.3 Å². The van der Waals surface area contributed by atoms with Crippen molar-refractivity contribution in [2.45, 2.75) is 25.4 Å². The average Bonchev–Trinajstić information content (AvgIpc) is 3.19. The summed E-state index contributed by atoms with van der Waals surface area (Å²) in [5.74, 6) is 1.45. The third-order valence-electron chi connectivity index (χ3n) is 5.00. The highest BCUT2D eigenvalue weighted by molar-refractivity contribution is 6.30. The molecule has 0 aliphatic carbocycles. The summed E-state index contributed by atoms with van der Waals surface area (Å²) in [6.45, 7) is 2.48. The van der Waals surface area contributed by atoms with Crippen molar-refractivity contribution < 1.29 is 9.21 Å². The smallest absolute Gasteiger partial charge is 0.251 e. The van der Waals surface area contributed by atoms with Gasteiger partial charge in [0.25, 0.3) is 5.91 Å². The maximum Gasteiger partial charge on any atom is 0.251 e. The van der Waals surface area contributed by atoms with E-state index < -0.39 is 0 Å². The number of likely N-dealkylation sites (tertiary alicyclic amines) is 1. The molecule has 0 spiro atoms. The molecule has 2 heterocycles. The van der Waals surface area contributed by atoms with Crippen molar-refractivity contribution in [2.75, 3.05) is 13.1 Å². The molecule has 1 fully saturated rings. The highest BCUT2D eigenvalue weighted by atomic mass is 35.5. The van der Waals surface area contributed by atoms with Gasteiger partial charge in [0.05, 0.1) is 12.7 Å². The summed E-state index contributed by atoms with van der Waals surface area (Å²) in [5, 5.41) is 3.83. The maximum atomic E-state index is 12.3. The standard InChI is InChI=1S/C22H22ClN3O2/c23-18-8-6-16(7-9-18)20-14-24-21(28-20)15-26-12-10-19(11-13-26)25-22(27)17-4-2-1-3-5-17/h1-9,14,19H,10-13,15H2,(H,25,27). The minimum Gasteiger partial charge on any atom is -0.439 e. The van der Waals surface area contributed by atoms with E-state index in [9.17, 15) is 4.79 Å². The summed E-state index contributed by atoms with van der Waals surface area (Å²) in [6, 6.07) is 17.1. The Kier molecular flexibility index (Phi) is 5.74. The fourth-order valence-electron chi connectivity index (χ4n) is 3.42. The van der Waals surface area contributed by atoms with Crippen LogP contribution >= 0.6 is 11.6 Å². The molecule has 1 aliphatic heterocycles. The number of carbonyl (C=O) groups is 1. The number of piperidine rings is 1. The molecule has 28 heavy (non-hydrogen) atoms. The van der Waals surface area contributed by atoms with Gasteiger partial charge >= 0.3 is 0 Å². The summed E-state index contributed by atoms with van der Waals surface area (Å²) in [5.41, 5.74) is 1.67. The number of rotatable bonds is 5. The van der Waals surface area contributed by atoms with Gasteiger partial charge < -0.3 is 9.73 Å². The Morgan fingerprint density at radius 1 is 1.11 bits per heavy atom. The molecule has 4 rings (SSSR count). The number of amides is 1. The Morgan fingerprint density at radius 3 is 2.54 bits per heavy atom. The van der Waals surface area contributed by atoms with Crippen molar-refractivity contribution in [1.82, 2.24) is 15.2 Å². The van der Waals surface area contributed by atoms with E-state index in [0.29, 0.717) is 23.0 Å². The molecule has 3 aromatic rings. The number of nitrogens with one attached hydrogen (secondary N) is 1. The fraction of sp³-hybridized carbons (Fsp3) is 0.273. The number of hydrogen-bond donors (Lipinski definition) is 1.